The number of carbonyl (C=O) groups is 1. The predicted molar refractivity (Wildman–Crippen MR) is 51.2 cm³/mol. The lowest BCUT2D eigenvalue weighted by atomic mass is 10.3. The molecule has 0 aliphatic rings. The van der Waals surface area contributed by atoms with Crippen LogP contribution in [0.5, 0.6) is 0 Å². The van der Waals surface area contributed by atoms with E-state index in [0.717, 1.165) is 0 Å². The van der Waals surface area contributed by atoms with E-state index in [2.05, 4.69) is 4.74 Å². The second-order valence-corrected chi connectivity index (χ2v) is 3.47. The minimum Gasteiger partial charge on any atom is -0.481 e. The quantitative estimate of drug-likeness (QED) is 0.654. The maximum absolute atomic E-state index is 11.7. The molecule has 0 heterocycles. The predicted octanol–water partition coefficient (Wildman–Crippen LogP) is 1.36. The Morgan fingerprint density at radius 1 is 1.38 bits per heavy atom. The van der Waals surface area contributed by atoms with Crippen LogP contribution in [0.1, 0.15) is 12.8 Å². The summed E-state index contributed by atoms with van der Waals surface area (Å²) >= 11 is 0. The van der Waals surface area contributed by atoms with Crippen LogP contribution in [0, 0.1) is 0 Å². The lowest BCUT2D eigenvalue weighted by Gasteiger charge is -2.15. The molecule has 1 N–H and O–H groups in total. The number of alkyl halides is 3. The first-order chi connectivity index (χ1) is 7.31. The van der Waals surface area contributed by atoms with Gasteiger partial charge in [0.1, 0.15) is 6.61 Å². The average Bonchev–Trinajstić information content (AvgIpc) is 2.12. The first-order valence-corrected chi connectivity index (χ1v) is 4.86. The maximum Gasteiger partial charge on any atom is 0.411 e. The van der Waals surface area contributed by atoms with Crippen LogP contribution in [0.2, 0.25) is 0 Å². The van der Waals surface area contributed by atoms with Crippen molar-refractivity contribution >= 4 is 5.97 Å². The van der Waals surface area contributed by atoms with Crippen LogP contribution in [-0.2, 0) is 9.53 Å². The van der Waals surface area contributed by atoms with E-state index in [1.807, 2.05) is 0 Å². The Morgan fingerprint density at radius 3 is 2.50 bits per heavy atom. The van der Waals surface area contributed by atoms with Gasteiger partial charge in [0, 0.05) is 19.7 Å². The lowest BCUT2D eigenvalue weighted by molar-refractivity contribution is -0.174. The monoisotopic (exact) mass is 243 g/mol. The van der Waals surface area contributed by atoms with E-state index in [1.165, 1.54) is 0 Å². The van der Waals surface area contributed by atoms with Crippen molar-refractivity contribution in [1.82, 2.24) is 4.90 Å². The summed E-state index contributed by atoms with van der Waals surface area (Å²) in [6, 6.07) is 0. The molecule has 0 aliphatic carbocycles. The first kappa shape index (κ1) is 15.2. The topological polar surface area (TPSA) is 49.8 Å². The normalized spacial score (nSPS) is 12.1. The highest BCUT2D eigenvalue weighted by atomic mass is 19.4. The van der Waals surface area contributed by atoms with Gasteiger partial charge in [-0.1, -0.05) is 0 Å². The van der Waals surface area contributed by atoms with Gasteiger partial charge in [-0.05, 0) is 13.5 Å². The number of hydrogen-bond acceptors (Lipinski definition) is 3. The fourth-order valence-corrected chi connectivity index (χ4v) is 1.02. The number of aliphatic carboxylic acids is 1. The Morgan fingerprint density at radius 2 is 2.00 bits per heavy atom. The second-order valence-electron chi connectivity index (χ2n) is 3.47. The zero-order chi connectivity index (χ0) is 12.6. The van der Waals surface area contributed by atoms with Gasteiger partial charge < -0.3 is 14.7 Å². The van der Waals surface area contributed by atoms with Gasteiger partial charge in [0.25, 0.3) is 0 Å². The molecular weight excluding hydrogens is 227 g/mol. The molecule has 0 spiro atoms. The van der Waals surface area contributed by atoms with Crippen LogP contribution in [0.15, 0.2) is 0 Å². The Balaban J connectivity index is 3.34. The molecule has 0 bridgehead atoms. The molecule has 0 aromatic carbocycles. The van der Waals surface area contributed by atoms with Crippen molar-refractivity contribution in [2.45, 2.75) is 19.0 Å². The van der Waals surface area contributed by atoms with Crippen molar-refractivity contribution < 1.29 is 27.8 Å². The number of nitrogens with zero attached hydrogens (tertiary/aromatic N) is 1. The number of ether oxygens (including phenoxy) is 1. The molecule has 7 heteroatoms. The average molecular weight is 243 g/mol. The molecule has 96 valence electrons. The molecule has 0 aromatic rings. The minimum absolute atomic E-state index is 0.0247. The fraction of sp³-hybridized carbons (Fsp3) is 0.889. The Kier molecular flexibility index (Phi) is 7.07. The van der Waals surface area contributed by atoms with Gasteiger partial charge in [-0.15, -0.1) is 0 Å². The number of carboxylic acids is 1. The van der Waals surface area contributed by atoms with E-state index >= 15 is 0 Å². The third kappa shape index (κ3) is 11.3. The van der Waals surface area contributed by atoms with Gasteiger partial charge in [-0.25, -0.2) is 0 Å². The van der Waals surface area contributed by atoms with Crippen LogP contribution >= 0.6 is 0 Å². The summed E-state index contributed by atoms with van der Waals surface area (Å²) in [5, 5.41) is 8.39. The number of hydrogen-bond donors (Lipinski definition) is 1. The summed E-state index contributed by atoms with van der Waals surface area (Å²) in [7, 11) is 1.71. The first-order valence-electron chi connectivity index (χ1n) is 4.86. The zero-order valence-corrected chi connectivity index (χ0v) is 9.09. The Bertz CT molecular complexity index is 209. The molecule has 0 amide bonds. The molecule has 0 aliphatic heterocycles. The maximum atomic E-state index is 11.7. The highest BCUT2D eigenvalue weighted by Gasteiger charge is 2.27. The van der Waals surface area contributed by atoms with Crippen LogP contribution in [0.3, 0.4) is 0 Å². The van der Waals surface area contributed by atoms with Gasteiger partial charge in [-0.2, -0.15) is 13.2 Å². The van der Waals surface area contributed by atoms with Gasteiger partial charge in [0.05, 0.1) is 6.42 Å². The van der Waals surface area contributed by atoms with E-state index in [-0.39, 0.29) is 13.0 Å². The molecule has 0 fully saturated rings. The van der Waals surface area contributed by atoms with Crippen molar-refractivity contribution in [3.63, 3.8) is 0 Å². The highest BCUT2D eigenvalue weighted by Crippen LogP contribution is 2.14. The molecule has 0 aromatic heterocycles. The van der Waals surface area contributed by atoms with Crippen LogP contribution in [-0.4, -0.2) is 55.5 Å². The standard InChI is InChI=1S/C9H16F3NO3/c1-13(5-3-8(14)15)4-2-6-16-7-9(10,11)12/h2-7H2,1H3,(H,14,15). The Labute approximate surface area is 92.0 Å². The molecule has 0 unspecified atom stereocenters. The molecule has 16 heavy (non-hydrogen) atoms. The molecule has 0 radical (unpaired) electrons. The third-order valence-corrected chi connectivity index (χ3v) is 1.80. The molecular formula is C9H16F3NO3. The summed E-state index contributed by atoms with van der Waals surface area (Å²) in [6.45, 7) is -0.303. The van der Waals surface area contributed by atoms with Gasteiger partial charge in [0.2, 0.25) is 0 Å². The summed E-state index contributed by atoms with van der Waals surface area (Å²) in [5.74, 6) is -0.889. The third-order valence-electron chi connectivity index (χ3n) is 1.80. The Hall–Kier alpha value is -0.820. The molecule has 4 nitrogen and oxygen atoms in total. The highest BCUT2D eigenvalue weighted by molar-refractivity contribution is 5.66. The van der Waals surface area contributed by atoms with Crippen molar-refractivity contribution in [3.8, 4) is 0 Å². The second kappa shape index (κ2) is 7.45. The number of halogens is 3. The van der Waals surface area contributed by atoms with Gasteiger partial charge in [0.15, 0.2) is 0 Å². The summed E-state index contributed by atoms with van der Waals surface area (Å²) < 4.78 is 39.4. The summed E-state index contributed by atoms with van der Waals surface area (Å²) in [6.07, 6.45) is -3.80. The lowest BCUT2D eigenvalue weighted by Crippen LogP contribution is -2.24. The van der Waals surface area contributed by atoms with E-state index in [0.29, 0.717) is 19.5 Å². The van der Waals surface area contributed by atoms with Gasteiger partial charge in [-0.3, -0.25) is 4.79 Å². The largest absolute Gasteiger partial charge is 0.481 e. The summed E-state index contributed by atoms with van der Waals surface area (Å²) in [5.41, 5.74) is 0. The van der Waals surface area contributed by atoms with E-state index < -0.39 is 18.8 Å². The van der Waals surface area contributed by atoms with Gasteiger partial charge >= 0.3 is 12.1 Å². The SMILES string of the molecule is CN(CCCOCC(F)(F)F)CCC(=O)O. The van der Waals surface area contributed by atoms with Crippen molar-refractivity contribution in [2.24, 2.45) is 0 Å². The molecule has 0 saturated carbocycles. The van der Waals surface area contributed by atoms with Crippen LogP contribution in [0.25, 0.3) is 0 Å². The zero-order valence-electron chi connectivity index (χ0n) is 9.09. The molecule has 0 atom stereocenters. The smallest absolute Gasteiger partial charge is 0.411 e. The van der Waals surface area contributed by atoms with E-state index in [1.54, 1.807) is 11.9 Å². The van der Waals surface area contributed by atoms with E-state index in [9.17, 15) is 18.0 Å². The van der Waals surface area contributed by atoms with Crippen molar-refractivity contribution in [3.05, 3.63) is 0 Å². The van der Waals surface area contributed by atoms with Crippen molar-refractivity contribution in [2.75, 3.05) is 33.4 Å². The number of rotatable bonds is 8. The molecule has 0 saturated heterocycles. The van der Waals surface area contributed by atoms with E-state index in [4.69, 9.17) is 5.11 Å². The number of carboxylic acid groups (broad SMARTS) is 1. The minimum atomic E-state index is -4.28. The van der Waals surface area contributed by atoms with Crippen LogP contribution in [0.4, 0.5) is 13.2 Å². The fourth-order valence-electron chi connectivity index (χ4n) is 1.02. The van der Waals surface area contributed by atoms with Crippen LogP contribution < -0.4 is 0 Å². The van der Waals surface area contributed by atoms with Crippen molar-refractivity contribution in [1.29, 1.82) is 0 Å². The summed E-state index contributed by atoms with van der Waals surface area (Å²) in [4.78, 5) is 12.0. The molecule has 0 rings (SSSR count).